The third-order valence-electron chi connectivity index (χ3n) is 6.35. The van der Waals surface area contributed by atoms with E-state index >= 15 is 0 Å². The van der Waals surface area contributed by atoms with E-state index in [9.17, 15) is 9.59 Å². The summed E-state index contributed by atoms with van der Waals surface area (Å²) in [4.78, 5) is 37.4. The number of fused-ring (bicyclic) bond motifs is 1. The van der Waals surface area contributed by atoms with Gasteiger partial charge in [-0.3, -0.25) is 19.7 Å². The minimum Gasteiger partial charge on any atom is -0.476 e. The zero-order valence-corrected chi connectivity index (χ0v) is 17.8. The molecule has 2 aliphatic heterocycles. The van der Waals surface area contributed by atoms with Gasteiger partial charge in [-0.25, -0.2) is 4.98 Å². The zero-order chi connectivity index (χ0) is 21.9. The molecule has 1 aromatic carbocycles. The third kappa shape index (κ3) is 4.28. The second-order valence-electron chi connectivity index (χ2n) is 8.58. The lowest BCUT2D eigenvalue weighted by atomic mass is 9.96. The number of benzene rings is 1. The summed E-state index contributed by atoms with van der Waals surface area (Å²) in [5.41, 5.74) is 1.36. The van der Waals surface area contributed by atoms with E-state index in [0.717, 1.165) is 30.3 Å². The van der Waals surface area contributed by atoms with Crippen molar-refractivity contribution in [2.75, 3.05) is 32.8 Å². The number of hydrogen-bond donors (Lipinski definition) is 1. The lowest BCUT2D eigenvalue weighted by molar-refractivity contribution is -0.128. The van der Waals surface area contributed by atoms with E-state index in [1.807, 2.05) is 34.1 Å². The molecule has 0 aliphatic carbocycles. The van der Waals surface area contributed by atoms with Crippen molar-refractivity contribution in [3.63, 3.8) is 0 Å². The maximum absolute atomic E-state index is 13.0. The van der Waals surface area contributed by atoms with Gasteiger partial charge in [-0.15, -0.1) is 0 Å². The number of aromatic nitrogens is 4. The van der Waals surface area contributed by atoms with Gasteiger partial charge in [0.25, 0.3) is 5.91 Å². The Balaban J connectivity index is 1.11. The summed E-state index contributed by atoms with van der Waals surface area (Å²) in [5.74, 6) is 1.21. The predicted octanol–water partition coefficient (Wildman–Crippen LogP) is 2.13. The van der Waals surface area contributed by atoms with E-state index in [2.05, 4.69) is 20.2 Å². The van der Waals surface area contributed by atoms with Gasteiger partial charge in [-0.1, -0.05) is 18.2 Å². The molecule has 2 amide bonds. The molecule has 5 rings (SSSR count). The molecule has 0 radical (unpaired) electrons. The summed E-state index contributed by atoms with van der Waals surface area (Å²) in [6.45, 7) is 3.29. The minimum atomic E-state index is -0.0284. The average molecular weight is 435 g/mol. The largest absolute Gasteiger partial charge is 0.476 e. The molecule has 0 spiro atoms. The van der Waals surface area contributed by atoms with Gasteiger partial charge in [0.05, 0.1) is 18.3 Å². The first kappa shape index (κ1) is 20.4. The van der Waals surface area contributed by atoms with Crippen molar-refractivity contribution in [2.45, 2.75) is 19.3 Å². The number of carbonyl (C=O) groups excluding carboxylic acids is 2. The molecule has 9 nitrogen and oxygen atoms in total. The van der Waals surface area contributed by atoms with Crippen LogP contribution in [0.15, 0.2) is 42.9 Å². The van der Waals surface area contributed by atoms with E-state index in [4.69, 9.17) is 4.74 Å². The Hall–Kier alpha value is -3.49. The number of hydrogen-bond acceptors (Lipinski definition) is 6. The average Bonchev–Trinajstić information content (AvgIpc) is 3.42. The highest BCUT2D eigenvalue weighted by molar-refractivity contribution is 6.04. The number of H-pyrrole nitrogens is 1. The van der Waals surface area contributed by atoms with Gasteiger partial charge in [0, 0.05) is 56.3 Å². The number of rotatable bonds is 6. The van der Waals surface area contributed by atoms with Gasteiger partial charge in [0.1, 0.15) is 0 Å². The highest BCUT2D eigenvalue weighted by Gasteiger charge is 2.33. The molecule has 2 aliphatic rings. The monoisotopic (exact) mass is 434 g/mol. The van der Waals surface area contributed by atoms with Crippen LogP contribution >= 0.6 is 0 Å². The first-order valence-corrected chi connectivity index (χ1v) is 11.1. The van der Waals surface area contributed by atoms with E-state index in [0.29, 0.717) is 50.2 Å². The summed E-state index contributed by atoms with van der Waals surface area (Å²) in [7, 11) is 0. The quantitative estimate of drug-likeness (QED) is 0.637. The van der Waals surface area contributed by atoms with E-state index in [-0.39, 0.29) is 17.7 Å². The Morgan fingerprint density at radius 3 is 2.81 bits per heavy atom. The molecular formula is C23H26N6O3. The third-order valence-corrected chi connectivity index (χ3v) is 6.35. The van der Waals surface area contributed by atoms with Gasteiger partial charge in [0.15, 0.2) is 5.69 Å². The second-order valence-corrected chi connectivity index (χ2v) is 8.58. The Labute approximate surface area is 185 Å². The Morgan fingerprint density at radius 1 is 1.16 bits per heavy atom. The SMILES string of the molecule is O=C1C[C@H](COc2cnccn2)CN1CC1CCN(C(=O)c2n[nH]c3ccccc23)CC1. The van der Waals surface area contributed by atoms with Crippen molar-refractivity contribution in [1.29, 1.82) is 0 Å². The molecule has 2 aromatic heterocycles. The second kappa shape index (κ2) is 8.94. The lowest BCUT2D eigenvalue weighted by Gasteiger charge is -2.33. The standard InChI is InChI=1S/C23H26N6O3/c30-21-11-17(15-32-20-12-24-7-8-25-20)14-29(21)13-16-5-9-28(10-6-16)23(31)22-18-3-1-2-4-19(18)26-27-22/h1-4,7-8,12,16-17H,5-6,9-11,13-15H2,(H,26,27)/t17-/m0/s1. The Kier molecular flexibility index (Phi) is 5.70. The van der Waals surface area contributed by atoms with Crippen molar-refractivity contribution >= 4 is 22.7 Å². The molecule has 0 unspecified atom stereocenters. The summed E-state index contributed by atoms with van der Waals surface area (Å²) < 4.78 is 5.68. The van der Waals surface area contributed by atoms with Gasteiger partial charge in [0.2, 0.25) is 11.8 Å². The minimum absolute atomic E-state index is 0.0284. The number of amides is 2. The fourth-order valence-electron chi connectivity index (χ4n) is 4.61. The maximum Gasteiger partial charge on any atom is 0.274 e. The summed E-state index contributed by atoms with van der Waals surface area (Å²) in [6.07, 6.45) is 7.05. The molecule has 2 saturated heterocycles. The van der Waals surface area contributed by atoms with Gasteiger partial charge >= 0.3 is 0 Å². The smallest absolute Gasteiger partial charge is 0.274 e. The predicted molar refractivity (Wildman–Crippen MR) is 117 cm³/mol. The molecule has 0 bridgehead atoms. The Morgan fingerprint density at radius 2 is 2.00 bits per heavy atom. The van der Waals surface area contributed by atoms with Crippen molar-refractivity contribution in [2.24, 2.45) is 11.8 Å². The lowest BCUT2D eigenvalue weighted by Crippen LogP contribution is -2.42. The number of piperidine rings is 1. The van der Waals surface area contributed by atoms with Crippen LogP contribution in [0.2, 0.25) is 0 Å². The molecule has 1 N–H and O–H groups in total. The number of aromatic amines is 1. The topological polar surface area (TPSA) is 104 Å². The van der Waals surface area contributed by atoms with Gasteiger partial charge in [-0.05, 0) is 24.8 Å². The number of nitrogens with one attached hydrogen (secondary N) is 1. The van der Waals surface area contributed by atoms with Crippen LogP contribution in [-0.4, -0.2) is 74.6 Å². The number of nitrogens with zero attached hydrogens (tertiary/aromatic N) is 5. The van der Waals surface area contributed by atoms with Gasteiger partial charge in [-0.2, -0.15) is 5.10 Å². The highest BCUT2D eigenvalue weighted by atomic mass is 16.5. The molecule has 4 heterocycles. The van der Waals surface area contributed by atoms with Crippen molar-refractivity contribution in [3.05, 3.63) is 48.5 Å². The number of ether oxygens (including phenoxy) is 1. The molecule has 32 heavy (non-hydrogen) atoms. The molecule has 1 atom stereocenters. The van der Waals surface area contributed by atoms with Gasteiger partial charge < -0.3 is 14.5 Å². The van der Waals surface area contributed by atoms with Crippen molar-refractivity contribution < 1.29 is 14.3 Å². The van der Waals surface area contributed by atoms with Crippen LogP contribution in [0.3, 0.4) is 0 Å². The molecule has 0 saturated carbocycles. The molecule has 3 aromatic rings. The van der Waals surface area contributed by atoms with Crippen LogP contribution in [0.1, 0.15) is 29.8 Å². The van der Waals surface area contributed by atoms with Crippen LogP contribution in [0.4, 0.5) is 0 Å². The summed E-state index contributed by atoms with van der Waals surface area (Å²) in [6, 6.07) is 7.68. The first-order chi connectivity index (χ1) is 15.7. The van der Waals surface area contributed by atoms with Crippen molar-refractivity contribution in [1.82, 2.24) is 30.0 Å². The summed E-state index contributed by atoms with van der Waals surface area (Å²) in [5, 5.41) is 8.03. The molecule has 9 heteroatoms. The maximum atomic E-state index is 13.0. The fourth-order valence-corrected chi connectivity index (χ4v) is 4.61. The molecule has 2 fully saturated rings. The highest BCUT2D eigenvalue weighted by Crippen LogP contribution is 2.26. The number of carbonyl (C=O) groups is 2. The Bertz CT molecular complexity index is 1090. The summed E-state index contributed by atoms with van der Waals surface area (Å²) >= 11 is 0. The normalized spacial score (nSPS) is 19.6. The fraction of sp³-hybridized carbons (Fsp3) is 0.435. The zero-order valence-electron chi connectivity index (χ0n) is 17.8. The van der Waals surface area contributed by atoms with Crippen LogP contribution in [0.5, 0.6) is 5.88 Å². The van der Waals surface area contributed by atoms with Crippen LogP contribution in [-0.2, 0) is 4.79 Å². The van der Waals surface area contributed by atoms with E-state index in [1.165, 1.54) is 0 Å². The van der Waals surface area contributed by atoms with E-state index in [1.54, 1.807) is 18.6 Å². The van der Waals surface area contributed by atoms with Crippen LogP contribution < -0.4 is 4.74 Å². The molecule has 166 valence electrons. The number of para-hydroxylation sites is 1. The number of likely N-dealkylation sites (tertiary alicyclic amines) is 2. The van der Waals surface area contributed by atoms with Crippen LogP contribution in [0, 0.1) is 11.8 Å². The van der Waals surface area contributed by atoms with Crippen LogP contribution in [0.25, 0.3) is 10.9 Å². The van der Waals surface area contributed by atoms with Crippen molar-refractivity contribution in [3.8, 4) is 5.88 Å². The molecular weight excluding hydrogens is 408 g/mol. The van der Waals surface area contributed by atoms with E-state index < -0.39 is 0 Å². The first-order valence-electron chi connectivity index (χ1n) is 11.1.